The number of ether oxygens (including phenoxy) is 1. The van der Waals surface area contributed by atoms with E-state index in [-0.39, 0.29) is 5.60 Å². The number of nitrogens with one attached hydrogen (secondary N) is 1. The van der Waals surface area contributed by atoms with Gasteiger partial charge in [-0.3, -0.25) is 4.98 Å². The van der Waals surface area contributed by atoms with E-state index >= 15 is 0 Å². The molecule has 0 aromatic carbocycles. The molecule has 0 radical (unpaired) electrons. The van der Waals surface area contributed by atoms with Crippen molar-refractivity contribution in [2.45, 2.75) is 57.6 Å². The van der Waals surface area contributed by atoms with Gasteiger partial charge in [0.05, 0.1) is 17.3 Å². The summed E-state index contributed by atoms with van der Waals surface area (Å²) in [5, 5.41) is 3.68. The molecule has 110 valence electrons. The smallest absolute Gasteiger partial charge is 0.0686 e. The highest BCUT2D eigenvalue weighted by Crippen LogP contribution is 2.47. The summed E-state index contributed by atoms with van der Waals surface area (Å²) in [6.45, 7) is 6.26. The lowest BCUT2D eigenvalue weighted by Crippen LogP contribution is -2.48. The molecule has 2 unspecified atom stereocenters. The molecule has 1 aromatic rings. The Bertz CT molecular complexity index is 456. The van der Waals surface area contributed by atoms with Crippen LogP contribution in [-0.2, 0) is 4.74 Å². The van der Waals surface area contributed by atoms with Crippen LogP contribution in [0.2, 0.25) is 0 Å². The Kier molecular flexibility index (Phi) is 4.08. The average molecular weight is 274 g/mol. The number of hydrogen-bond acceptors (Lipinski definition) is 3. The molecule has 2 aliphatic rings. The van der Waals surface area contributed by atoms with Gasteiger partial charge >= 0.3 is 0 Å². The summed E-state index contributed by atoms with van der Waals surface area (Å²) in [5.74, 6) is 0.651. The Morgan fingerprint density at radius 3 is 3.00 bits per heavy atom. The zero-order valence-corrected chi connectivity index (χ0v) is 12.7. The molecule has 0 bridgehead atoms. The molecular weight excluding hydrogens is 248 g/mol. The molecule has 2 heterocycles. The van der Waals surface area contributed by atoms with Crippen LogP contribution < -0.4 is 5.32 Å². The number of nitrogens with zero attached hydrogens (tertiary/aromatic N) is 1. The van der Waals surface area contributed by atoms with Gasteiger partial charge in [-0.1, -0.05) is 13.0 Å². The van der Waals surface area contributed by atoms with Crippen LogP contribution in [0, 0.1) is 12.8 Å². The molecule has 1 saturated heterocycles. The molecule has 3 nitrogen and oxygen atoms in total. The normalized spacial score (nSPS) is 26.2. The Balaban J connectivity index is 1.81. The Morgan fingerprint density at radius 1 is 1.50 bits per heavy atom. The lowest BCUT2D eigenvalue weighted by molar-refractivity contribution is -0.147. The Labute approximate surface area is 122 Å². The van der Waals surface area contributed by atoms with E-state index in [9.17, 15) is 0 Å². The van der Waals surface area contributed by atoms with E-state index in [1.165, 1.54) is 36.9 Å². The number of hydrogen-bond donors (Lipinski definition) is 1. The van der Waals surface area contributed by atoms with Crippen molar-refractivity contribution in [3.8, 4) is 0 Å². The van der Waals surface area contributed by atoms with Crippen molar-refractivity contribution in [3.63, 3.8) is 0 Å². The lowest BCUT2D eigenvalue weighted by atomic mass is 9.70. The summed E-state index contributed by atoms with van der Waals surface area (Å²) in [6.07, 6.45) is 8.11. The van der Waals surface area contributed by atoms with Crippen molar-refractivity contribution < 1.29 is 4.74 Å². The minimum atomic E-state index is 0.208. The van der Waals surface area contributed by atoms with Crippen molar-refractivity contribution in [3.05, 3.63) is 29.6 Å². The second-order valence-electron chi connectivity index (χ2n) is 6.38. The third kappa shape index (κ3) is 2.61. The predicted octanol–water partition coefficient (Wildman–Crippen LogP) is 3.39. The van der Waals surface area contributed by atoms with Gasteiger partial charge in [-0.2, -0.15) is 0 Å². The van der Waals surface area contributed by atoms with Crippen molar-refractivity contribution in [2.75, 3.05) is 13.2 Å². The molecule has 1 spiro atoms. The van der Waals surface area contributed by atoms with Gasteiger partial charge in [-0.15, -0.1) is 0 Å². The van der Waals surface area contributed by atoms with Crippen molar-refractivity contribution in [1.29, 1.82) is 0 Å². The highest BCUT2D eigenvalue weighted by Gasteiger charge is 2.44. The Hall–Kier alpha value is -0.930. The van der Waals surface area contributed by atoms with Crippen LogP contribution in [0.4, 0.5) is 0 Å². The molecule has 20 heavy (non-hydrogen) atoms. The second-order valence-corrected chi connectivity index (χ2v) is 6.38. The van der Waals surface area contributed by atoms with Gasteiger partial charge in [-0.05, 0) is 63.1 Å². The molecule has 0 amide bonds. The van der Waals surface area contributed by atoms with Crippen molar-refractivity contribution in [1.82, 2.24) is 10.3 Å². The molecule has 1 aromatic heterocycles. The first-order valence-electron chi connectivity index (χ1n) is 8.03. The summed E-state index contributed by atoms with van der Waals surface area (Å²) in [7, 11) is 0. The van der Waals surface area contributed by atoms with Crippen LogP contribution in [0.3, 0.4) is 0 Å². The first kappa shape index (κ1) is 14.0. The fraction of sp³-hybridized carbons (Fsp3) is 0.706. The average Bonchev–Trinajstić information content (AvgIpc) is 2.44. The maximum absolute atomic E-state index is 6.08. The zero-order valence-electron chi connectivity index (χ0n) is 12.7. The molecule has 1 aliphatic carbocycles. The molecule has 3 heteroatoms. The first-order valence-corrected chi connectivity index (χ1v) is 8.03. The van der Waals surface area contributed by atoms with E-state index in [1.54, 1.807) is 0 Å². The van der Waals surface area contributed by atoms with Crippen LogP contribution in [0.25, 0.3) is 0 Å². The van der Waals surface area contributed by atoms with Crippen molar-refractivity contribution in [2.24, 2.45) is 5.92 Å². The van der Waals surface area contributed by atoms with Crippen LogP contribution in [-0.4, -0.2) is 23.7 Å². The standard InChI is InChI=1S/C17H26N2O/c1-3-18-16(15-13(2)6-4-10-19-15)14-7-11-20-17(12-14)8-5-9-17/h4,6,10,14,16,18H,3,5,7-9,11-12H2,1-2H3. The van der Waals surface area contributed by atoms with Gasteiger partial charge in [0, 0.05) is 12.8 Å². The number of aromatic nitrogens is 1. The minimum absolute atomic E-state index is 0.208. The first-order chi connectivity index (χ1) is 9.74. The van der Waals surface area contributed by atoms with E-state index in [4.69, 9.17) is 4.74 Å². The zero-order chi connectivity index (χ0) is 14.0. The summed E-state index contributed by atoms with van der Waals surface area (Å²) in [6, 6.07) is 4.58. The third-order valence-corrected chi connectivity index (χ3v) is 5.04. The Morgan fingerprint density at radius 2 is 2.35 bits per heavy atom. The third-order valence-electron chi connectivity index (χ3n) is 5.04. The van der Waals surface area contributed by atoms with Crippen LogP contribution in [0.1, 0.15) is 56.3 Å². The van der Waals surface area contributed by atoms with E-state index in [0.717, 1.165) is 19.6 Å². The summed E-state index contributed by atoms with van der Waals surface area (Å²) in [5.41, 5.74) is 2.74. The molecule has 2 atom stereocenters. The van der Waals surface area contributed by atoms with E-state index in [2.05, 4.69) is 30.2 Å². The minimum Gasteiger partial charge on any atom is -0.375 e. The molecule has 1 aliphatic heterocycles. The van der Waals surface area contributed by atoms with E-state index in [0.29, 0.717) is 12.0 Å². The van der Waals surface area contributed by atoms with Gasteiger partial charge in [0.25, 0.3) is 0 Å². The van der Waals surface area contributed by atoms with Gasteiger partial charge in [0.1, 0.15) is 0 Å². The number of pyridine rings is 1. The summed E-state index contributed by atoms with van der Waals surface area (Å²) < 4.78 is 6.08. The summed E-state index contributed by atoms with van der Waals surface area (Å²) in [4.78, 5) is 4.66. The summed E-state index contributed by atoms with van der Waals surface area (Å²) >= 11 is 0. The largest absolute Gasteiger partial charge is 0.375 e. The van der Waals surface area contributed by atoms with Crippen LogP contribution in [0.15, 0.2) is 18.3 Å². The topological polar surface area (TPSA) is 34.2 Å². The maximum atomic E-state index is 6.08. The van der Waals surface area contributed by atoms with Gasteiger partial charge in [-0.25, -0.2) is 0 Å². The van der Waals surface area contributed by atoms with Crippen LogP contribution in [0.5, 0.6) is 0 Å². The van der Waals surface area contributed by atoms with Gasteiger partial charge in [0.2, 0.25) is 0 Å². The maximum Gasteiger partial charge on any atom is 0.0686 e. The quantitative estimate of drug-likeness (QED) is 0.914. The highest BCUT2D eigenvalue weighted by molar-refractivity contribution is 5.22. The van der Waals surface area contributed by atoms with Crippen molar-refractivity contribution >= 4 is 0 Å². The second kappa shape index (κ2) is 5.82. The fourth-order valence-corrected chi connectivity index (χ4v) is 3.80. The SMILES string of the molecule is CCNC(c1ncccc1C)C1CCOC2(CCC2)C1. The molecule has 3 rings (SSSR count). The molecule has 1 saturated carbocycles. The van der Waals surface area contributed by atoms with Crippen LogP contribution >= 0.6 is 0 Å². The molecule has 1 N–H and O–H groups in total. The number of aryl methyl sites for hydroxylation is 1. The van der Waals surface area contributed by atoms with Gasteiger partial charge in [0.15, 0.2) is 0 Å². The monoisotopic (exact) mass is 274 g/mol. The molecular formula is C17H26N2O. The lowest BCUT2D eigenvalue weighted by Gasteiger charge is -2.48. The fourth-order valence-electron chi connectivity index (χ4n) is 3.80. The molecule has 2 fully saturated rings. The predicted molar refractivity (Wildman–Crippen MR) is 80.6 cm³/mol. The van der Waals surface area contributed by atoms with E-state index < -0.39 is 0 Å². The van der Waals surface area contributed by atoms with E-state index in [1.807, 2.05) is 12.3 Å². The highest BCUT2D eigenvalue weighted by atomic mass is 16.5. The van der Waals surface area contributed by atoms with Gasteiger partial charge < -0.3 is 10.1 Å². The number of rotatable bonds is 4.